The highest BCUT2D eigenvalue weighted by Gasteiger charge is 2.49. The number of alkyl halides is 3. The zero-order chi connectivity index (χ0) is 18.2. The van der Waals surface area contributed by atoms with E-state index in [2.05, 4.69) is 6.58 Å². The number of halogens is 3. The van der Waals surface area contributed by atoms with Crippen LogP contribution in [0.5, 0.6) is 0 Å². The maximum absolute atomic E-state index is 12.9. The average Bonchev–Trinajstić information content (AvgIpc) is 2.51. The smallest absolute Gasteiger partial charge is 0.243 e. The second-order valence-corrected chi connectivity index (χ2v) is 7.16. The first kappa shape index (κ1) is 20.3. The number of sulfonamides is 1. The standard InChI is InChI=1S/C17H22F3NO2S/c1-3-4-5-7-10-15(2)21(24(22,23)17(18,19)20)14-13-16-11-8-6-9-12-16/h6,8-9,11-14H,2-5,7,10H2,1H3/b14-13+. The first-order chi connectivity index (χ1) is 11.2. The third-order valence-electron chi connectivity index (χ3n) is 3.38. The van der Waals surface area contributed by atoms with Crippen LogP contribution in [-0.2, 0) is 10.0 Å². The highest BCUT2D eigenvalue weighted by atomic mass is 32.2. The number of nitrogens with zero attached hydrogens (tertiary/aromatic N) is 1. The number of unbranched alkanes of at least 4 members (excludes halogenated alkanes) is 3. The molecule has 0 N–H and O–H groups in total. The lowest BCUT2D eigenvalue weighted by molar-refractivity contribution is -0.0471. The predicted molar refractivity (Wildman–Crippen MR) is 90.2 cm³/mol. The van der Waals surface area contributed by atoms with Crippen LogP contribution in [-0.4, -0.2) is 18.2 Å². The van der Waals surface area contributed by atoms with E-state index in [1.54, 1.807) is 30.3 Å². The first-order valence-electron chi connectivity index (χ1n) is 7.72. The fourth-order valence-electron chi connectivity index (χ4n) is 2.05. The van der Waals surface area contributed by atoms with Crippen molar-refractivity contribution < 1.29 is 21.6 Å². The Balaban J connectivity index is 3.00. The molecule has 0 bridgehead atoms. The molecular formula is C17H22F3NO2S. The molecule has 0 aliphatic rings. The average molecular weight is 361 g/mol. The van der Waals surface area contributed by atoms with Crippen LogP contribution >= 0.6 is 0 Å². The van der Waals surface area contributed by atoms with Crippen molar-refractivity contribution in [3.05, 3.63) is 54.4 Å². The minimum absolute atomic E-state index is 0.0874. The Morgan fingerprint density at radius 2 is 1.79 bits per heavy atom. The molecule has 0 unspecified atom stereocenters. The molecule has 3 nitrogen and oxygen atoms in total. The summed E-state index contributed by atoms with van der Waals surface area (Å²) in [6.07, 6.45) is 5.76. The van der Waals surface area contributed by atoms with Crippen LogP contribution in [0.25, 0.3) is 6.08 Å². The molecule has 1 aromatic carbocycles. The summed E-state index contributed by atoms with van der Waals surface area (Å²) in [6.45, 7) is 5.55. The van der Waals surface area contributed by atoms with Gasteiger partial charge in [-0.3, -0.25) is 0 Å². The van der Waals surface area contributed by atoms with Crippen LogP contribution in [0.3, 0.4) is 0 Å². The summed E-state index contributed by atoms with van der Waals surface area (Å²) in [7, 11) is -5.50. The summed E-state index contributed by atoms with van der Waals surface area (Å²) in [6, 6.07) is 8.51. The molecule has 0 fully saturated rings. The zero-order valence-electron chi connectivity index (χ0n) is 13.6. The van der Waals surface area contributed by atoms with E-state index in [-0.39, 0.29) is 16.4 Å². The molecule has 24 heavy (non-hydrogen) atoms. The van der Waals surface area contributed by atoms with Gasteiger partial charge >= 0.3 is 15.5 Å². The van der Waals surface area contributed by atoms with Gasteiger partial charge in [-0.05, 0) is 24.5 Å². The molecule has 0 amide bonds. The number of rotatable bonds is 9. The van der Waals surface area contributed by atoms with E-state index >= 15 is 0 Å². The van der Waals surface area contributed by atoms with Crippen LogP contribution in [0.4, 0.5) is 13.2 Å². The normalized spacial score (nSPS) is 12.5. The van der Waals surface area contributed by atoms with E-state index in [9.17, 15) is 21.6 Å². The second kappa shape index (κ2) is 8.92. The molecule has 0 aliphatic carbocycles. The maximum Gasteiger partial charge on any atom is 0.517 e. The highest BCUT2D eigenvalue weighted by Crippen LogP contribution is 2.31. The summed E-state index contributed by atoms with van der Waals surface area (Å²) >= 11 is 0. The number of hydrogen-bond donors (Lipinski definition) is 0. The molecule has 0 atom stereocenters. The molecule has 1 rings (SSSR count). The molecule has 1 aromatic rings. The molecule has 0 radical (unpaired) electrons. The van der Waals surface area contributed by atoms with E-state index in [1.165, 1.54) is 6.08 Å². The van der Waals surface area contributed by atoms with Gasteiger partial charge in [0.2, 0.25) is 0 Å². The Morgan fingerprint density at radius 3 is 2.33 bits per heavy atom. The fraction of sp³-hybridized carbons (Fsp3) is 0.412. The molecule has 0 aromatic heterocycles. The van der Waals surface area contributed by atoms with Gasteiger partial charge in [0.15, 0.2) is 0 Å². The van der Waals surface area contributed by atoms with Gasteiger partial charge in [0.05, 0.1) is 0 Å². The topological polar surface area (TPSA) is 37.4 Å². The van der Waals surface area contributed by atoms with E-state index in [1.807, 2.05) is 6.92 Å². The molecule has 0 saturated carbocycles. The molecular weight excluding hydrogens is 339 g/mol. The van der Waals surface area contributed by atoms with Gasteiger partial charge in [-0.2, -0.15) is 21.6 Å². The van der Waals surface area contributed by atoms with E-state index in [0.717, 1.165) is 25.5 Å². The molecule has 0 spiro atoms. The van der Waals surface area contributed by atoms with Gasteiger partial charge in [0.1, 0.15) is 0 Å². The van der Waals surface area contributed by atoms with Crippen molar-refractivity contribution >= 4 is 16.1 Å². The third-order valence-corrected chi connectivity index (χ3v) is 4.87. The monoisotopic (exact) mass is 361 g/mol. The summed E-state index contributed by atoms with van der Waals surface area (Å²) in [5.74, 6) is 0. The van der Waals surface area contributed by atoms with Gasteiger partial charge in [-0.15, -0.1) is 0 Å². The lowest BCUT2D eigenvalue weighted by Crippen LogP contribution is -2.36. The highest BCUT2D eigenvalue weighted by molar-refractivity contribution is 7.90. The van der Waals surface area contributed by atoms with Gasteiger partial charge < -0.3 is 0 Å². The fourth-order valence-corrected chi connectivity index (χ4v) is 2.93. The van der Waals surface area contributed by atoms with Crippen molar-refractivity contribution in [1.82, 2.24) is 4.31 Å². The third kappa shape index (κ3) is 5.70. The summed E-state index contributed by atoms with van der Waals surface area (Å²) in [5, 5.41) is 0. The van der Waals surface area contributed by atoms with Crippen molar-refractivity contribution in [2.24, 2.45) is 0 Å². The van der Waals surface area contributed by atoms with Gasteiger partial charge in [-0.25, -0.2) is 4.31 Å². The summed E-state index contributed by atoms with van der Waals surface area (Å²) in [5.41, 5.74) is -4.87. The Bertz CT molecular complexity index is 652. The Morgan fingerprint density at radius 1 is 1.17 bits per heavy atom. The minimum Gasteiger partial charge on any atom is -0.243 e. The first-order valence-corrected chi connectivity index (χ1v) is 9.16. The number of benzene rings is 1. The van der Waals surface area contributed by atoms with Crippen LogP contribution < -0.4 is 0 Å². The van der Waals surface area contributed by atoms with Crippen LogP contribution in [0.15, 0.2) is 48.8 Å². The van der Waals surface area contributed by atoms with Crippen LogP contribution in [0.2, 0.25) is 0 Å². The maximum atomic E-state index is 12.9. The molecule has 134 valence electrons. The Hall–Kier alpha value is -1.76. The van der Waals surface area contributed by atoms with Crippen molar-refractivity contribution in [3.8, 4) is 0 Å². The lowest BCUT2D eigenvalue weighted by atomic mass is 10.1. The van der Waals surface area contributed by atoms with Gasteiger partial charge in [0.25, 0.3) is 0 Å². The van der Waals surface area contributed by atoms with Crippen molar-refractivity contribution in [1.29, 1.82) is 0 Å². The quantitative estimate of drug-likeness (QED) is 0.560. The van der Waals surface area contributed by atoms with E-state index < -0.39 is 15.5 Å². The van der Waals surface area contributed by atoms with Gasteiger partial charge in [0, 0.05) is 11.9 Å². The van der Waals surface area contributed by atoms with Crippen molar-refractivity contribution in [2.45, 2.75) is 44.5 Å². The molecule has 0 aliphatic heterocycles. The summed E-state index contributed by atoms with van der Waals surface area (Å²) < 4.78 is 62.6. The largest absolute Gasteiger partial charge is 0.517 e. The van der Waals surface area contributed by atoms with Gasteiger partial charge in [-0.1, -0.05) is 63.1 Å². The lowest BCUT2D eigenvalue weighted by Gasteiger charge is -2.23. The SMILES string of the molecule is C=C(CCCCCC)N(/C=C/c1ccccc1)S(=O)(=O)C(F)(F)F. The minimum atomic E-state index is -5.50. The number of hydrogen-bond acceptors (Lipinski definition) is 2. The number of allylic oxidation sites excluding steroid dienone is 1. The van der Waals surface area contributed by atoms with Crippen molar-refractivity contribution in [3.63, 3.8) is 0 Å². The Kier molecular flexibility index (Phi) is 7.54. The van der Waals surface area contributed by atoms with E-state index in [0.29, 0.717) is 12.0 Å². The van der Waals surface area contributed by atoms with Crippen molar-refractivity contribution in [2.75, 3.05) is 0 Å². The molecule has 7 heteroatoms. The molecule has 0 heterocycles. The molecule has 0 saturated heterocycles. The van der Waals surface area contributed by atoms with Crippen LogP contribution in [0.1, 0.15) is 44.6 Å². The predicted octanol–water partition coefficient (Wildman–Crippen LogP) is 5.29. The van der Waals surface area contributed by atoms with E-state index in [4.69, 9.17) is 0 Å². The van der Waals surface area contributed by atoms with Crippen LogP contribution in [0, 0.1) is 0 Å². The zero-order valence-corrected chi connectivity index (χ0v) is 14.4. The Labute approximate surface area is 141 Å². The summed E-state index contributed by atoms with van der Waals surface area (Å²) in [4.78, 5) is 0. The second-order valence-electron chi connectivity index (χ2n) is 5.35.